The number of hydrogen-bond acceptors (Lipinski definition) is 5. The van der Waals surface area contributed by atoms with E-state index >= 15 is 0 Å². The highest BCUT2D eigenvalue weighted by atomic mass is 35.5. The van der Waals surface area contributed by atoms with E-state index in [4.69, 9.17) is 31.1 Å². The Bertz CT molecular complexity index is 853. The van der Waals surface area contributed by atoms with E-state index < -0.39 is 5.97 Å². The third-order valence-corrected chi connectivity index (χ3v) is 3.79. The van der Waals surface area contributed by atoms with Crippen LogP contribution >= 0.6 is 11.6 Å². The van der Waals surface area contributed by atoms with E-state index in [2.05, 4.69) is 0 Å². The van der Waals surface area contributed by atoms with E-state index in [0.717, 1.165) is 11.1 Å². The first-order valence-electron chi connectivity index (χ1n) is 7.52. The van der Waals surface area contributed by atoms with Gasteiger partial charge in [0.15, 0.2) is 6.79 Å². The maximum Gasteiger partial charge on any atom is 0.331 e. The third kappa shape index (κ3) is 4.38. The lowest BCUT2D eigenvalue weighted by Gasteiger charge is -2.20. The number of benzene rings is 2. The first kappa shape index (κ1) is 17.0. The van der Waals surface area contributed by atoms with Crippen molar-refractivity contribution in [3.05, 3.63) is 69.8 Å². The van der Waals surface area contributed by atoms with E-state index in [1.165, 1.54) is 6.08 Å². The number of hydrogen-bond donors (Lipinski definition) is 0. The van der Waals surface area contributed by atoms with Crippen molar-refractivity contribution in [1.82, 2.24) is 0 Å². The summed E-state index contributed by atoms with van der Waals surface area (Å²) in [5, 5.41) is 9.29. The quantitative estimate of drug-likeness (QED) is 0.615. The molecule has 0 fully saturated rings. The fourth-order valence-corrected chi connectivity index (χ4v) is 2.66. The summed E-state index contributed by atoms with van der Waals surface area (Å²) in [6.45, 7) is 0.628. The molecule has 0 saturated heterocycles. The Morgan fingerprint density at radius 3 is 2.88 bits per heavy atom. The van der Waals surface area contributed by atoms with Gasteiger partial charge in [-0.2, -0.15) is 5.26 Å². The molecule has 0 spiro atoms. The van der Waals surface area contributed by atoms with Crippen molar-refractivity contribution in [3.63, 3.8) is 0 Å². The van der Waals surface area contributed by atoms with Gasteiger partial charge >= 0.3 is 5.97 Å². The zero-order chi connectivity index (χ0) is 17.6. The normalized spacial score (nSPS) is 13.0. The van der Waals surface area contributed by atoms with Crippen molar-refractivity contribution in [2.45, 2.75) is 13.2 Å². The molecular weight excluding hydrogens is 342 g/mol. The topological polar surface area (TPSA) is 68.6 Å². The molecule has 0 unspecified atom stereocenters. The minimum Gasteiger partial charge on any atom is -0.467 e. The molecule has 0 saturated carbocycles. The highest BCUT2D eigenvalue weighted by Gasteiger charge is 2.17. The minimum absolute atomic E-state index is 0.0550. The number of halogens is 1. The standard InChI is InChI=1S/C19H14ClNO4/c20-17-7-15-10-23-12-25-19(15)16(8-17)11-24-18(22)6-5-13-1-3-14(9-21)4-2-13/h1-8H,10-12H2/b6-5+. The number of esters is 1. The molecule has 126 valence electrons. The van der Waals surface area contributed by atoms with Crippen molar-refractivity contribution in [2.75, 3.05) is 6.79 Å². The summed E-state index contributed by atoms with van der Waals surface area (Å²) in [5.74, 6) is 0.171. The number of nitriles is 1. The molecular formula is C19H14ClNO4. The smallest absolute Gasteiger partial charge is 0.331 e. The molecule has 6 heteroatoms. The Balaban J connectivity index is 1.63. The van der Waals surface area contributed by atoms with Crippen molar-refractivity contribution >= 4 is 23.6 Å². The van der Waals surface area contributed by atoms with Crippen LogP contribution < -0.4 is 4.74 Å². The zero-order valence-electron chi connectivity index (χ0n) is 13.2. The van der Waals surface area contributed by atoms with Crippen molar-refractivity contribution in [3.8, 4) is 11.8 Å². The molecule has 0 bridgehead atoms. The Morgan fingerprint density at radius 2 is 2.12 bits per heavy atom. The van der Waals surface area contributed by atoms with E-state index in [0.29, 0.717) is 28.5 Å². The summed E-state index contributed by atoms with van der Waals surface area (Å²) in [7, 11) is 0. The van der Waals surface area contributed by atoms with Gasteiger partial charge in [0, 0.05) is 22.2 Å². The molecule has 1 aliphatic heterocycles. The highest BCUT2D eigenvalue weighted by molar-refractivity contribution is 6.30. The zero-order valence-corrected chi connectivity index (χ0v) is 14.0. The van der Waals surface area contributed by atoms with Crippen LogP contribution in [-0.2, 0) is 27.5 Å². The second-order valence-corrected chi connectivity index (χ2v) is 5.78. The van der Waals surface area contributed by atoms with Gasteiger partial charge in [-0.3, -0.25) is 0 Å². The van der Waals surface area contributed by atoms with Crippen molar-refractivity contribution in [2.24, 2.45) is 0 Å². The van der Waals surface area contributed by atoms with E-state index in [9.17, 15) is 4.79 Å². The number of fused-ring (bicyclic) bond motifs is 1. The second kappa shape index (κ2) is 7.84. The summed E-state index contributed by atoms with van der Waals surface area (Å²) >= 11 is 6.07. The molecule has 1 aliphatic rings. The SMILES string of the molecule is N#Cc1ccc(/C=C/C(=O)OCc2cc(Cl)cc3c2OCOC3)cc1. The van der Waals surface area contributed by atoms with Crippen molar-refractivity contribution < 1.29 is 19.0 Å². The molecule has 0 atom stereocenters. The van der Waals surface area contributed by atoms with Crippen LogP contribution in [0.1, 0.15) is 22.3 Å². The fraction of sp³-hybridized carbons (Fsp3) is 0.158. The van der Waals surface area contributed by atoms with Gasteiger partial charge in [-0.25, -0.2) is 4.79 Å². The van der Waals surface area contributed by atoms with Crippen LogP contribution in [0.15, 0.2) is 42.5 Å². The Hall–Kier alpha value is -2.81. The van der Waals surface area contributed by atoms with Crippen LogP contribution in [0.25, 0.3) is 6.08 Å². The van der Waals surface area contributed by atoms with Gasteiger partial charge in [-0.15, -0.1) is 0 Å². The van der Waals surface area contributed by atoms with Gasteiger partial charge < -0.3 is 14.2 Å². The molecule has 1 heterocycles. The van der Waals surface area contributed by atoms with Gasteiger partial charge in [0.1, 0.15) is 12.4 Å². The lowest BCUT2D eigenvalue weighted by molar-refractivity contribution is -0.139. The molecule has 5 nitrogen and oxygen atoms in total. The highest BCUT2D eigenvalue weighted by Crippen LogP contribution is 2.32. The summed E-state index contributed by atoms with van der Waals surface area (Å²) in [6.07, 6.45) is 2.96. The monoisotopic (exact) mass is 355 g/mol. The number of carbonyl (C=O) groups excluding carboxylic acids is 1. The van der Waals surface area contributed by atoms with Gasteiger partial charge in [-0.05, 0) is 35.9 Å². The number of carbonyl (C=O) groups is 1. The number of rotatable bonds is 4. The van der Waals surface area contributed by atoms with E-state index in [1.54, 1.807) is 42.5 Å². The van der Waals surface area contributed by atoms with Crippen LogP contribution in [0, 0.1) is 11.3 Å². The maximum absolute atomic E-state index is 11.9. The second-order valence-electron chi connectivity index (χ2n) is 5.34. The van der Waals surface area contributed by atoms with Crippen LogP contribution in [0.4, 0.5) is 0 Å². The fourth-order valence-electron chi connectivity index (χ4n) is 2.39. The lowest BCUT2D eigenvalue weighted by atomic mass is 10.1. The number of nitrogens with zero attached hydrogens (tertiary/aromatic N) is 1. The first-order chi connectivity index (χ1) is 12.2. The minimum atomic E-state index is -0.481. The summed E-state index contributed by atoms with van der Waals surface area (Å²) < 4.78 is 16.0. The summed E-state index contributed by atoms with van der Waals surface area (Å²) in [4.78, 5) is 11.9. The van der Waals surface area contributed by atoms with Crippen LogP contribution in [0.2, 0.25) is 5.02 Å². The van der Waals surface area contributed by atoms with Gasteiger partial charge in [0.25, 0.3) is 0 Å². The molecule has 2 aromatic carbocycles. The molecule has 3 rings (SSSR count). The average molecular weight is 356 g/mol. The maximum atomic E-state index is 11.9. The Labute approximate surface area is 150 Å². The van der Waals surface area contributed by atoms with Crippen molar-refractivity contribution in [1.29, 1.82) is 5.26 Å². The largest absolute Gasteiger partial charge is 0.467 e. The predicted octanol–water partition coefficient (Wildman–Crippen LogP) is 3.83. The summed E-state index contributed by atoms with van der Waals surface area (Å²) in [6, 6.07) is 12.4. The summed E-state index contributed by atoms with van der Waals surface area (Å²) in [5.41, 5.74) is 2.90. The third-order valence-electron chi connectivity index (χ3n) is 3.57. The Kier molecular flexibility index (Phi) is 5.34. The first-order valence-corrected chi connectivity index (χ1v) is 7.90. The van der Waals surface area contributed by atoms with Crippen LogP contribution in [0.3, 0.4) is 0 Å². The molecule has 0 aliphatic carbocycles. The molecule has 2 aromatic rings. The average Bonchev–Trinajstić information content (AvgIpc) is 2.64. The van der Waals surface area contributed by atoms with Gasteiger partial charge in [0.05, 0.1) is 18.2 Å². The van der Waals surface area contributed by atoms with E-state index in [1.807, 2.05) is 6.07 Å². The molecule has 0 N–H and O–H groups in total. The number of ether oxygens (including phenoxy) is 3. The molecule has 0 radical (unpaired) electrons. The van der Waals surface area contributed by atoms with Gasteiger partial charge in [-0.1, -0.05) is 23.7 Å². The lowest BCUT2D eigenvalue weighted by Crippen LogP contribution is -2.14. The van der Waals surface area contributed by atoms with Crippen LogP contribution in [0.5, 0.6) is 5.75 Å². The van der Waals surface area contributed by atoms with Gasteiger partial charge in [0.2, 0.25) is 0 Å². The molecule has 25 heavy (non-hydrogen) atoms. The van der Waals surface area contributed by atoms with Crippen LogP contribution in [-0.4, -0.2) is 12.8 Å². The predicted molar refractivity (Wildman–Crippen MR) is 91.7 cm³/mol. The molecule has 0 amide bonds. The molecule has 0 aromatic heterocycles. The Morgan fingerprint density at radius 1 is 1.32 bits per heavy atom. The van der Waals surface area contributed by atoms with E-state index in [-0.39, 0.29) is 13.4 Å².